The third-order valence-corrected chi connectivity index (χ3v) is 6.75. The van der Waals surface area contributed by atoms with Crippen LogP contribution in [0.25, 0.3) is 0 Å². The number of amides is 1. The van der Waals surface area contributed by atoms with E-state index in [1.165, 1.54) is 12.1 Å². The van der Waals surface area contributed by atoms with E-state index in [4.69, 9.17) is 14.2 Å². The van der Waals surface area contributed by atoms with Gasteiger partial charge in [-0.2, -0.15) is 0 Å². The van der Waals surface area contributed by atoms with Crippen molar-refractivity contribution in [2.24, 2.45) is 0 Å². The first-order chi connectivity index (χ1) is 16.6. The Kier molecular flexibility index (Phi) is 8.91. The predicted octanol–water partition coefficient (Wildman–Crippen LogP) is 3.68. The van der Waals surface area contributed by atoms with Gasteiger partial charge in [0.1, 0.15) is 11.6 Å². The van der Waals surface area contributed by atoms with Gasteiger partial charge in [0.05, 0.1) is 39.5 Å². The Balaban J connectivity index is 1.37. The molecule has 6 nitrogen and oxygen atoms in total. The molecule has 0 saturated carbocycles. The van der Waals surface area contributed by atoms with Gasteiger partial charge in [-0.3, -0.25) is 4.79 Å². The molecule has 2 heterocycles. The number of benzene rings is 2. The maximum absolute atomic E-state index is 13.4. The van der Waals surface area contributed by atoms with E-state index in [0.29, 0.717) is 32.8 Å². The predicted molar refractivity (Wildman–Crippen MR) is 128 cm³/mol. The number of nitrogens with zero attached hydrogens (tertiary/aromatic N) is 2. The highest BCUT2D eigenvalue weighted by atomic mass is 19.1. The smallest absolute Gasteiger partial charge is 0.227 e. The van der Waals surface area contributed by atoms with Gasteiger partial charge < -0.3 is 24.0 Å². The fourth-order valence-electron chi connectivity index (χ4n) is 4.71. The molecule has 2 fully saturated rings. The molecule has 0 N–H and O–H groups in total. The lowest BCUT2D eigenvalue weighted by Gasteiger charge is -2.39. The number of ether oxygens (including phenoxy) is 3. The number of carbonyl (C=O) groups excluding carboxylic acids is 1. The Morgan fingerprint density at radius 2 is 1.76 bits per heavy atom. The number of likely N-dealkylation sites (tertiary alicyclic amines) is 1. The summed E-state index contributed by atoms with van der Waals surface area (Å²) >= 11 is 0. The molecule has 0 aromatic heterocycles. The van der Waals surface area contributed by atoms with Crippen LogP contribution in [0, 0.1) is 5.82 Å². The zero-order valence-corrected chi connectivity index (χ0v) is 20.0. The number of carbonyl (C=O) groups is 1. The molecule has 1 amide bonds. The minimum Gasteiger partial charge on any atom is -0.497 e. The van der Waals surface area contributed by atoms with E-state index < -0.39 is 0 Å². The van der Waals surface area contributed by atoms with Gasteiger partial charge in [0.2, 0.25) is 5.91 Å². The van der Waals surface area contributed by atoms with Crippen LogP contribution in [0.1, 0.15) is 30.4 Å². The first-order valence-electron chi connectivity index (χ1n) is 12.2. The molecule has 0 aliphatic carbocycles. The Morgan fingerprint density at radius 1 is 1.06 bits per heavy atom. The second kappa shape index (κ2) is 12.3. The zero-order valence-electron chi connectivity index (χ0n) is 20.0. The molecule has 0 bridgehead atoms. The molecule has 2 aliphatic rings. The van der Waals surface area contributed by atoms with E-state index in [0.717, 1.165) is 55.8 Å². The molecule has 2 aromatic carbocycles. The van der Waals surface area contributed by atoms with E-state index in [1.54, 1.807) is 19.2 Å². The molecule has 34 heavy (non-hydrogen) atoms. The molecule has 7 heteroatoms. The Bertz CT molecular complexity index is 892. The summed E-state index contributed by atoms with van der Waals surface area (Å²) in [7, 11) is 1.63. The van der Waals surface area contributed by atoms with E-state index in [9.17, 15) is 9.18 Å². The SMILES string of the molecule is COc1ccc(CC(=O)N(Cc2ccc(F)cc2)C2CCN(CCC3COCCO3)CC2)cc1. The van der Waals surface area contributed by atoms with Crippen LogP contribution in [0.3, 0.4) is 0 Å². The maximum Gasteiger partial charge on any atom is 0.227 e. The molecule has 2 saturated heterocycles. The fourth-order valence-corrected chi connectivity index (χ4v) is 4.71. The summed E-state index contributed by atoms with van der Waals surface area (Å²) in [4.78, 5) is 17.9. The van der Waals surface area contributed by atoms with Gasteiger partial charge in [0, 0.05) is 32.2 Å². The van der Waals surface area contributed by atoms with Gasteiger partial charge in [-0.15, -0.1) is 0 Å². The van der Waals surface area contributed by atoms with Gasteiger partial charge in [-0.25, -0.2) is 4.39 Å². The van der Waals surface area contributed by atoms with Crippen LogP contribution in [0.15, 0.2) is 48.5 Å². The minimum absolute atomic E-state index is 0.0979. The van der Waals surface area contributed by atoms with Crippen molar-refractivity contribution in [2.45, 2.75) is 44.4 Å². The van der Waals surface area contributed by atoms with Crippen molar-refractivity contribution >= 4 is 5.91 Å². The fraction of sp³-hybridized carbons (Fsp3) is 0.519. The summed E-state index contributed by atoms with van der Waals surface area (Å²) in [5.74, 6) is 0.609. The summed E-state index contributed by atoms with van der Waals surface area (Å²) in [6, 6.07) is 14.3. The zero-order chi connectivity index (χ0) is 23.8. The van der Waals surface area contributed by atoms with E-state index >= 15 is 0 Å². The Labute approximate surface area is 201 Å². The van der Waals surface area contributed by atoms with Crippen LogP contribution in [-0.2, 0) is 27.2 Å². The Morgan fingerprint density at radius 3 is 2.41 bits per heavy atom. The van der Waals surface area contributed by atoms with Crippen LogP contribution in [0.2, 0.25) is 0 Å². The normalized spacial score (nSPS) is 19.6. The molecular weight excluding hydrogens is 435 g/mol. The summed E-state index contributed by atoms with van der Waals surface area (Å²) in [6.07, 6.45) is 3.35. The second-order valence-electron chi connectivity index (χ2n) is 9.10. The minimum atomic E-state index is -0.263. The molecule has 1 unspecified atom stereocenters. The number of rotatable bonds is 9. The van der Waals surface area contributed by atoms with E-state index in [2.05, 4.69) is 4.90 Å². The quantitative estimate of drug-likeness (QED) is 0.560. The topological polar surface area (TPSA) is 51.2 Å². The highest BCUT2D eigenvalue weighted by Gasteiger charge is 2.28. The summed E-state index contributed by atoms with van der Waals surface area (Å²) in [6.45, 7) is 5.44. The molecular formula is C27H35FN2O4. The van der Waals surface area contributed by atoms with Gasteiger partial charge in [0.25, 0.3) is 0 Å². The van der Waals surface area contributed by atoms with Crippen LogP contribution < -0.4 is 4.74 Å². The average Bonchev–Trinajstić information content (AvgIpc) is 2.88. The molecule has 2 aromatic rings. The van der Waals surface area contributed by atoms with Crippen LogP contribution in [0.4, 0.5) is 4.39 Å². The number of hydrogen-bond donors (Lipinski definition) is 0. The molecule has 0 spiro atoms. The summed E-state index contributed by atoms with van der Waals surface area (Å²) in [5.41, 5.74) is 1.91. The first-order valence-corrected chi connectivity index (χ1v) is 12.2. The highest BCUT2D eigenvalue weighted by Crippen LogP contribution is 2.22. The third-order valence-electron chi connectivity index (χ3n) is 6.75. The standard InChI is InChI=1S/C27H35FN2O4/c1-32-25-8-4-21(5-9-25)18-27(31)30(19-22-2-6-23(28)7-3-22)24-10-13-29(14-11-24)15-12-26-20-33-16-17-34-26/h2-9,24,26H,10-20H2,1H3. The first kappa shape index (κ1) is 24.6. The molecule has 4 rings (SSSR count). The van der Waals surface area contributed by atoms with Crippen LogP contribution in [-0.4, -0.2) is 74.4 Å². The van der Waals surface area contributed by atoms with Crippen LogP contribution >= 0.6 is 0 Å². The van der Waals surface area contributed by atoms with Crippen molar-refractivity contribution in [3.05, 3.63) is 65.5 Å². The van der Waals surface area contributed by atoms with Crippen LogP contribution in [0.5, 0.6) is 5.75 Å². The lowest BCUT2D eigenvalue weighted by molar-refractivity contribution is -0.134. The van der Waals surface area contributed by atoms with E-state index in [-0.39, 0.29) is 23.9 Å². The number of methoxy groups -OCH3 is 1. The summed E-state index contributed by atoms with van der Waals surface area (Å²) in [5, 5.41) is 0. The molecule has 0 radical (unpaired) electrons. The third kappa shape index (κ3) is 7.01. The Hall–Kier alpha value is -2.48. The second-order valence-corrected chi connectivity index (χ2v) is 9.10. The van der Waals surface area contributed by atoms with Crippen molar-refractivity contribution < 1.29 is 23.4 Å². The van der Waals surface area contributed by atoms with Crippen molar-refractivity contribution in [1.29, 1.82) is 0 Å². The lowest BCUT2D eigenvalue weighted by atomic mass is 10.00. The van der Waals surface area contributed by atoms with Crippen molar-refractivity contribution in [3.8, 4) is 5.75 Å². The van der Waals surface area contributed by atoms with Crippen molar-refractivity contribution in [3.63, 3.8) is 0 Å². The molecule has 1 atom stereocenters. The van der Waals surface area contributed by atoms with Crippen molar-refractivity contribution in [1.82, 2.24) is 9.80 Å². The molecule has 184 valence electrons. The van der Waals surface area contributed by atoms with E-state index in [1.807, 2.05) is 29.2 Å². The maximum atomic E-state index is 13.4. The van der Waals surface area contributed by atoms with Gasteiger partial charge in [0.15, 0.2) is 0 Å². The lowest BCUT2D eigenvalue weighted by Crippen LogP contribution is -2.48. The van der Waals surface area contributed by atoms with Gasteiger partial charge in [-0.1, -0.05) is 24.3 Å². The average molecular weight is 471 g/mol. The summed E-state index contributed by atoms with van der Waals surface area (Å²) < 4.78 is 29.9. The molecule has 2 aliphatic heterocycles. The largest absolute Gasteiger partial charge is 0.497 e. The monoisotopic (exact) mass is 470 g/mol. The van der Waals surface area contributed by atoms with Gasteiger partial charge >= 0.3 is 0 Å². The number of halogens is 1. The van der Waals surface area contributed by atoms with Gasteiger partial charge in [-0.05, 0) is 54.7 Å². The van der Waals surface area contributed by atoms with Crippen molar-refractivity contribution in [2.75, 3.05) is 46.6 Å². The highest BCUT2D eigenvalue weighted by molar-refractivity contribution is 5.79. The number of hydrogen-bond acceptors (Lipinski definition) is 5. The number of piperidine rings is 1.